The van der Waals surface area contributed by atoms with Crippen LogP contribution in [0.2, 0.25) is 0 Å². The van der Waals surface area contributed by atoms with Gasteiger partial charge < -0.3 is 11.5 Å². The van der Waals surface area contributed by atoms with Crippen molar-refractivity contribution in [1.82, 2.24) is 0 Å². The topological polar surface area (TPSA) is 52.0 Å². The third-order valence-corrected chi connectivity index (χ3v) is 10.1. The largest absolute Gasteiger partial charge is 0.327 e. The third-order valence-electron chi connectivity index (χ3n) is 10.1. The predicted octanol–water partition coefficient (Wildman–Crippen LogP) is 11.3. The second-order valence-electron chi connectivity index (χ2n) is 13.4. The lowest BCUT2D eigenvalue weighted by atomic mass is 9.59. The van der Waals surface area contributed by atoms with E-state index in [1.807, 2.05) is 0 Å². The first-order chi connectivity index (χ1) is 18.6. The van der Waals surface area contributed by atoms with Crippen molar-refractivity contribution >= 4 is 0 Å². The number of hydrogen-bond donors (Lipinski definition) is 2. The van der Waals surface area contributed by atoms with Crippen molar-refractivity contribution in [1.29, 1.82) is 0 Å². The molecule has 0 saturated heterocycles. The summed E-state index contributed by atoms with van der Waals surface area (Å²) in [5.41, 5.74) is 14.3. The molecule has 0 aromatic rings. The quantitative estimate of drug-likeness (QED) is 0.108. The fourth-order valence-corrected chi connectivity index (χ4v) is 7.73. The van der Waals surface area contributed by atoms with E-state index in [0.29, 0.717) is 23.9 Å². The Kier molecular flexibility index (Phi) is 23.4. The summed E-state index contributed by atoms with van der Waals surface area (Å²) in [6, 6.07) is 0.720. The van der Waals surface area contributed by atoms with Crippen LogP contribution >= 0.6 is 0 Å². The molecule has 0 aliphatic heterocycles. The second kappa shape index (κ2) is 24.7. The van der Waals surface area contributed by atoms with Gasteiger partial charge in [-0.15, -0.1) is 0 Å². The number of unbranched alkanes of at least 4 members (excludes halogenated alkanes) is 16. The Labute approximate surface area is 241 Å². The maximum Gasteiger partial charge on any atom is 0.00731 e. The highest BCUT2D eigenvalue weighted by atomic mass is 14.7. The summed E-state index contributed by atoms with van der Waals surface area (Å²) in [6.45, 7) is 9.29. The molecular formula is C36H74N2. The first kappa shape index (κ1) is 35.9. The fraction of sp³-hybridized carbons (Fsp3) is 1.00. The van der Waals surface area contributed by atoms with Crippen molar-refractivity contribution in [3.63, 3.8) is 0 Å². The molecule has 1 saturated carbocycles. The van der Waals surface area contributed by atoms with Crippen LogP contribution in [0.4, 0.5) is 0 Å². The Morgan fingerprint density at radius 2 is 0.895 bits per heavy atom. The second-order valence-corrected chi connectivity index (χ2v) is 13.4. The first-order valence-corrected chi connectivity index (χ1v) is 18.1. The van der Waals surface area contributed by atoms with E-state index in [9.17, 15) is 0 Å². The summed E-state index contributed by atoms with van der Waals surface area (Å²) in [4.78, 5) is 0. The summed E-state index contributed by atoms with van der Waals surface area (Å²) in [7, 11) is 0. The van der Waals surface area contributed by atoms with Gasteiger partial charge in [-0.2, -0.15) is 0 Å². The molecule has 38 heavy (non-hydrogen) atoms. The van der Waals surface area contributed by atoms with Crippen LogP contribution in [0.25, 0.3) is 0 Å². The van der Waals surface area contributed by atoms with Crippen LogP contribution in [-0.2, 0) is 0 Å². The molecule has 6 unspecified atom stereocenters. The van der Waals surface area contributed by atoms with Gasteiger partial charge >= 0.3 is 0 Å². The molecule has 1 fully saturated rings. The molecule has 1 aliphatic carbocycles. The number of nitrogens with two attached hydrogens (primary N) is 2. The number of rotatable bonds is 26. The fourth-order valence-electron chi connectivity index (χ4n) is 7.73. The summed E-state index contributed by atoms with van der Waals surface area (Å²) in [5.74, 6) is 3.03. The highest BCUT2D eigenvalue weighted by molar-refractivity contribution is 4.96. The normalized spacial score (nSPS) is 23.5. The van der Waals surface area contributed by atoms with Gasteiger partial charge in [0.1, 0.15) is 0 Å². The van der Waals surface area contributed by atoms with E-state index < -0.39 is 0 Å². The van der Waals surface area contributed by atoms with Crippen LogP contribution in [0.5, 0.6) is 0 Å². The van der Waals surface area contributed by atoms with E-state index in [1.54, 1.807) is 0 Å². The summed E-state index contributed by atoms with van der Waals surface area (Å²) in [6.07, 6.45) is 35.6. The van der Waals surface area contributed by atoms with Crippen molar-refractivity contribution in [2.75, 3.05) is 0 Å². The standard InChI is InChI=1S/C36H74N2/c1-5-9-13-17-20-22-26-32-31(25-21-16-12-8-4)29-30-33(34(37)27-23-18-14-10-6-2)36(32)35(38)28-24-19-15-11-7-3/h31-36H,5-30,37-38H2,1-4H3. The Balaban J connectivity index is 2.92. The molecule has 1 rings (SSSR count). The van der Waals surface area contributed by atoms with E-state index >= 15 is 0 Å². The Bertz CT molecular complexity index is 492. The lowest BCUT2D eigenvalue weighted by molar-refractivity contribution is 0.0367. The molecule has 0 spiro atoms. The molecule has 0 heterocycles. The van der Waals surface area contributed by atoms with Gasteiger partial charge in [-0.05, 0) is 55.8 Å². The highest BCUT2D eigenvalue weighted by Gasteiger charge is 2.43. The van der Waals surface area contributed by atoms with E-state index in [-0.39, 0.29) is 0 Å². The van der Waals surface area contributed by atoms with Gasteiger partial charge in [0.15, 0.2) is 0 Å². The van der Waals surface area contributed by atoms with Gasteiger partial charge in [-0.1, -0.05) is 163 Å². The van der Waals surface area contributed by atoms with Crippen LogP contribution in [0.1, 0.15) is 195 Å². The molecule has 0 amide bonds. The zero-order valence-corrected chi connectivity index (χ0v) is 27.0. The summed E-state index contributed by atoms with van der Waals surface area (Å²) in [5, 5.41) is 0. The average Bonchev–Trinajstić information content (AvgIpc) is 2.92. The molecule has 2 heteroatoms. The van der Waals surface area contributed by atoms with Gasteiger partial charge in [0, 0.05) is 12.1 Å². The van der Waals surface area contributed by atoms with Crippen LogP contribution in [-0.4, -0.2) is 12.1 Å². The first-order valence-electron chi connectivity index (χ1n) is 18.1. The predicted molar refractivity (Wildman–Crippen MR) is 173 cm³/mol. The molecule has 0 radical (unpaired) electrons. The minimum absolute atomic E-state index is 0.358. The molecule has 0 aromatic heterocycles. The molecule has 4 N–H and O–H groups in total. The van der Waals surface area contributed by atoms with E-state index in [2.05, 4.69) is 27.7 Å². The molecular weight excluding hydrogens is 460 g/mol. The monoisotopic (exact) mass is 535 g/mol. The maximum atomic E-state index is 7.23. The van der Waals surface area contributed by atoms with Crippen molar-refractivity contribution in [2.24, 2.45) is 35.1 Å². The van der Waals surface area contributed by atoms with Gasteiger partial charge in [0.2, 0.25) is 0 Å². The van der Waals surface area contributed by atoms with Gasteiger partial charge in [-0.3, -0.25) is 0 Å². The van der Waals surface area contributed by atoms with Gasteiger partial charge in [-0.25, -0.2) is 0 Å². The van der Waals surface area contributed by atoms with Gasteiger partial charge in [0.25, 0.3) is 0 Å². The van der Waals surface area contributed by atoms with Gasteiger partial charge in [0.05, 0.1) is 0 Å². The van der Waals surface area contributed by atoms with Crippen LogP contribution in [0.15, 0.2) is 0 Å². The Morgan fingerprint density at radius 3 is 1.45 bits per heavy atom. The minimum atomic E-state index is 0.358. The molecule has 6 atom stereocenters. The molecule has 228 valence electrons. The van der Waals surface area contributed by atoms with Crippen molar-refractivity contribution in [2.45, 2.75) is 207 Å². The lowest BCUT2D eigenvalue weighted by Crippen LogP contribution is -2.51. The van der Waals surface area contributed by atoms with Crippen LogP contribution in [0.3, 0.4) is 0 Å². The zero-order valence-electron chi connectivity index (χ0n) is 27.0. The lowest BCUT2D eigenvalue weighted by Gasteiger charge is -2.48. The van der Waals surface area contributed by atoms with Crippen molar-refractivity contribution in [3.8, 4) is 0 Å². The van der Waals surface area contributed by atoms with Crippen LogP contribution in [0, 0.1) is 23.7 Å². The molecule has 0 bridgehead atoms. The van der Waals surface area contributed by atoms with E-state index in [4.69, 9.17) is 11.5 Å². The minimum Gasteiger partial charge on any atom is -0.327 e. The number of hydrogen-bond acceptors (Lipinski definition) is 2. The summed E-state index contributed by atoms with van der Waals surface area (Å²) >= 11 is 0. The van der Waals surface area contributed by atoms with E-state index in [1.165, 1.54) is 167 Å². The highest BCUT2D eigenvalue weighted by Crippen LogP contribution is 2.47. The zero-order chi connectivity index (χ0) is 27.8. The van der Waals surface area contributed by atoms with Crippen LogP contribution < -0.4 is 11.5 Å². The Hall–Kier alpha value is -0.0800. The van der Waals surface area contributed by atoms with Crippen molar-refractivity contribution in [3.05, 3.63) is 0 Å². The Morgan fingerprint density at radius 1 is 0.474 bits per heavy atom. The summed E-state index contributed by atoms with van der Waals surface area (Å²) < 4.78 is 0. The maximum absolute atomic E-state index is 7.23. The van der Waals surface area contributed by atoms with E-state index in [0.717, 1.165) is 11.8 Å². The molecule has 1 aliphatic rings. The average molecular weight is 535 g/mol. The smallest absolute Gasteiger partial charge is 0.00731 e. The SMILES string of the molecule is CCCCCCCCC1C(CCCCCC)CCC(C(N)CCCCCCC)C1C(N)CCCCCCC. The molecule has 0 aromatic carbocycles. The third kappa shape index (κ3) is 15.6. The molecule has 2 nitrogen and oxygen atoms in total. The van der Waals surface area contributed by atoms with Crippen molar-refractivity contribution < 1.29 is 0 Å².